The molecule has 2 N–H and O–H groups in total. The predicted octanol–water partition coefficient (Wildman–Crippen LogP) is 3.33. The van der Waals surface area contributed by atoms with Crippen LogP contribution in [-0.2, 0) is 21.8 Å². The van der Waals surface area contributed by atoms with E-state index in [-0.39, 0.29) is 36.2 Å². The number of carbonyl (C=O) groups is 1. The average Bonchev–Trinajstić information content (AvgIpc) is 3.17. The Balaban J connectivity index is 1.45. The number of nitrogens with one attached hydrogen (secondary N) is 1. The molecular formula is C22H25FN2O3. The maximum absolute atomic E-state index is 15.8. The third-order valence-corrected chi connectivity index (χ3v) is 5.78. The fourth-order valence-corrected chi connectivity index (χ4v) is 4.21. The summed E-state index contributed by atoms with van der Waals surface area (Å²) >= 11 is 0. The van der Waals surface area contributed by atoms with Crippen LogP contribution in [-0.4, -0.2) is 28.1 Å². The lowest BCUT2D eigenvalue weighted by atomic mass is 9.80. The molecule has 1 saturated carbocycles. The van der Waals surface area contributed by atoms with E-state index in [0.717, 1.165) is 24.8 Å². The minimum absolute atomic E-state index is 0.0546. The van der Waals surface area contributed by atoms with Crippen LogP contribution in [0.15, 0.2) is 48.7 Å². The number of benzene rings is 1. The molecule has 2 unspecified atom stereocenters. The van der Waals surface area contributed by atoms with Gasteiger partial charge >= 0.3 is 0 Å². The highest BCUT2D eigenvalue weighted by Gasteiger charge is 2.48. The van der Waals surface area contributed by atoms with Gasteiger partial charge in [0.15, 0.2) is 0 Å². The van der Waals surface area contributed by atoms with Gasteiger partial charge in [-0.3, -0.25) is 9.78 Å². The average molecular weight is 384 g/mol. The quantitative estimate of drug-likeness (QED) is 0.830. The maximum Gasteiger partial charge on any atom is 0.262 e. The number of halogens is 1. The number of hydrogen-bond donors (Lipinski definition) is 2. The van der Waals surface area contributed by atoms with E-state index in [9.17, 15) is 9.90 Å². The molecule has 6 heteroatoms. The van der Waals surface area contributed by atoms with Crippen molar-refractivity contribution < 1.29 is 19.0 Å². The first-order valence-corrected chi connectivity index (χ1v) is 9.87. The molecule has 1 aromatic carbocycles. The Morgan fingerprint density at radius 1 is 1.21 bits per heavy atom. The number of pyridine rings is 1. The van der Waals surface area contributed by atoms with Crippen molar-refractivity contribution in [3.63, 3.8) is 0 Å². The third-order valence-electron chi connectivity index (χ3n) is 5.78. The molecule has 4 rings (SSSR count). The van der Waals surface area contributed by atoms with Gasteiger partial charge < -0.3 is 15.2 Å². The van der Waals surface area contributed by atoms with Crippen molar-refractivity contribution in [2.45, 2.75) is 62.6 Å². The molecule has 1 aromatic heterocycles. The number of aromatic nitrogens is 1. The molecule has 1 heterocycles. The molecule has 5 nitrogen and oxygen atoms in total. The summed E-state index contributed by atoms with van der Waals surface area (Å²) in [4.78, 5) is 17.0. The molecule has 148 valence electrons. The smallest absolute Gasteiger partial charge is 0.262 e. The molecule has 0 radical (unpaired) electrons. The van der Waals surface area contributed by atoms with E-state index >= 15 is 4.39 Å². The number of aliphatic hydroxyl groups excluding tert-OH is 1. The van der Waals surface area contributed by atoms with E-state index in [1.54, 1.807) is 12.1 Å². The van der Waals surface area contributed by atoms with Crippen LogP contribution in [0.2, 0.25) is 0 Å². The Bertz CT molecular complexity index is 832. The Kier molecular flexibility index (Phi) is 5.42. The lowest BCUT2D eigenvalue weighted by Crippen LogP contribution is -2.50. The second-order valence-corrected chi connectivity index (χ2v) is 7.64. The zero-order valence-electron chi connectivity index (χ0n) is 15.7. The van der Waals surface area contributed by atoms with E-state index in [1.165, 1.54) is 6.20 Å². The second-order valence-electron chi connectivity index (χ2n) is 7.64. The van der Waals surface area contributed by atoms with Gasteiger partial charge in [0.1, 0.15) is 0 Å². The lowest BCUT2D eigenvalue weighted by molar-refractivity contribution is -0.137. The van der Waals surface area contributed by atoms with Crippen LogP contribution in [0, 0.1) is 0 Å². The molecule has 4 atom stereocenters. The summed E-state index contributed by atoms with van der Waals surface area (Å²) in [5, 5.41) is 13.0. The third kappa shape index (κ3) is 3.66. The molecule has 2 aliphatic carbocycles. The van der Waals surface area contributed by atoms with Crippen molar-refractivity contribution in [2.24, 2.45) is 0 Å². The fourth-order valence-electron chi connectivity index (χ4n) is 4.21. The van der Waals surface area contributed by atoms with Crippen molar-refractivity contribution in [1.82, 2.24) is 10.3 Å². The van der Waals surface area contributed by atoms with Crippen LogP contribution in [0.5, 0.6) is 0 Å². The van der Waals surface area contributed by atoms with Crippen molar-refractivity contribution in [3.8, 4) is 0 Å². The van der Waals surface area contributed by atoms with Crippen LogP contribution >= 0.6 is 0 Å². The number of amides is 1. The Labute approximate surface area is 163 Å². The molecule has 0 saturated heterocycles. The highest BCUT2D eigenvalue weighted by Crippen LogP contribution is 2.42. The van der Waals surface area contributed by atoms with E-state index < -0.39 is 17.7 Å². The number of hydrogen-bond acceptors (Lipinski definition) is 4. The summed E-state index contributed by atoms with van der Waals surface area (Å²) in [6.07, 6.45) is 3.21. The van der Waals surface area contributed by atoms with Gasteiger partial charge in [0.05, 0.1) is 30.6 Å². The standard InChI is InChI=1S/C22H25FN2O3/c23-22(12-11-18(26)20-16(22)8-5-13-24-20)21(27)25-17-9-4-10-19(17)28-14-15-6-2-1-3-7-15/h1-3,5-8,13,17-19,26H,4,9-12,14H2,(H,25,27)/t17-,18?,19-,22?/m0/s1. The number of aliphatic hydroxyl groups is 1. The normalized spacial score (nSPS) is 29.3. The first kappa shape index (κ1) is 19.0. The van der Waals surface area contributed by atoms with Gasteiger partial charge in [-0.1, -0.05) is 36.4 Å². The van der Waals surface area contributed by atoms with Gasteiger partial charge in [-0.2, -0.15) is 0 Å². The van der Waals surface area contributed by atoms with Gasteiger partial charge in [0, 0.05) is 11.8 Å². The van der Waals surface area contributed by atoms with E-state index in [1.807, 2.05) is 30.3 Å². The molecule has 2 aliphatic rings. The fraction of sp³-hybridized carbons (Fsp3) is 0.455. The highest BCUT2D eigenvalue weighted by molar-refractivity contribution is 5.87. The zero-order chi connectivity index (χ0) is 19.6. The van der Waals surface area contributed by atoms with Crippen molar-refractivity contribution in [1.29, 1.82) is 0 Å². The van der Waals surface area contributed by atoms with Gasteiger partial charge in [0.25, 0.3) is 5.91 Å². The van der Waals surface area contributed by atoms with Crippen LogP contribution in [0.1, 0.15) is 55.0 Å². The van der Waals surface area contributed by atoms with Crippen LogP contribution in [0.4, 0.5) is 4.39 Å². The van der Waals surface area contributed by atoms with E-state index in [2.05, 4.69) is 10.3 Å². The zero-order valence-corrected chi connectivity index (χ0v) is 15.7. The summed E-state index contributed by atoms with van der Waals surface area (Å²) in [5.41, 5.74) is -0.668. The van der Waals surface area contributed by atoms with Crippen molar-refractivity contribution >= 4 is 5.91 Å². The number of ether oxygens (including phenoxy) is 1. The maximum atomic E-state index is 15.8. The molecule has 1 amide bonds. The van der Waals surface area contributed by atoms with Crippen LogP contribution in [0.25, 0.3) is 0 Å². The Morgan fingerprint density at radius 3 is 2.86 bits per heavy atom. The predicted molar refractivity (Wildman–Crippen MR) is 102 cm³/mol. The largest absolute Gasteiger partial charge is 0.387 e. The summed E-state index contributed by atoms with van der Waals surface area (Å²) in [6, 6.07) is 12.8. The number of nitrogens with zero attached hydrogens (tertiary/aromatic N) is 1. The minimum atomic E-state index is -2.17. The summed E-state index contributed by atoms with van der Waals surface area (Å²) in [6.45, 7) is 0.470. The van der Waals surface area contributed by atoms with Gasteiger partial charge in [-0.25, -0.2) is 4.39 Å². The summed E-state index contributed by atoms with van der Waals surface area (Å²) < 4.78 is 21.8. The molecule has 28 heavy (non-hydrogen) atoms. The van der Waals surface area contributed by atoms with Crippen molar-refractivity contribution in [2.75, 3.05) is 0 Å². The highest BCUT2D eigenvalue weighted by atomic mass is 19.1. The minimum Gasteiger partial charge on any atom is -0.387 e. The number of fused-ring (bicyclic) bond motifs is 1. The topological polar surface area (TPSA) is 71.5 Å². The van der Waals surface area contributed by atoms with E-state index in [0.29, 0.717) is 6.61 Å². The lowest BCUT2D eigenvalue weighted by Gasteiger charge is -2.34. The second kappa shape index (κ2) is 7.97. The molecule has 1 fully saturated rings. The van der Waals surface area contributed by atoms with Gasteiger partial charge in [-0.05, 0) is 43.7 Å². The first-order chi connectivity index (χ1) is 13.6. The molecular weight excluding hydrogens is 359 g/mol. The van der Waals surface area contributed by atoms with Gasteiger partial charge in [-0.15, -0.1) is 0 Å². The SMILES string of the molecule is O=C(N[C@H]1CCC[C@@H]1OCc1ccccc1)C1(F)CCC(O)c2ncccc21. The van der Waals surface area contributed by atoms with Gasteiger partial charge in [0.2, 0.25) is 5.67 Å². The van der Waals surface area contributed by atoms with Crippen molar-refractivity contribution in [3.05, 3.63) is 65.5 Å². The number of alkyl halides is 1. The number of rotatable bonds is 5. The van der Waals surface area contributed by atoms with Crippen LogP contribution < -0.4 is 5.32 Å². The molecule has 0 aliphatic heterocycles. The summed E-state index contributed by atoms with van der Waals surface area (Å²) in [7, 11) is 0. The molecule has 0 bridgehead atoms. The Hall–Kier alpha value is -2.31. The molecule has 2 aromatic rings. The summed E-state index contributed by atoms with van der Waals surface area (Å²) in [5.74, 6) is -0.658. The Morgan fingerprint density at radius 2 is 2.04 bits per heavy atom. The van der Waals surface area contributed by atoms with Crippen LogP contribution in [0.3, 0.4) is 0 Å². The molecule has 0 spiro atoms. The number of carbonyl (C=O) groups excluding carboxylic acids is 1. The monoisotopic (exact) mass is 384 g/mol. The first-order valence-electron chi connectivity index (χ1n) is 9.87. The van der Waals surface area contributed by atoms with E-state index in [4.69, 9.17) is 4.74 Å².